The Bertz CT molecular complexity index is 593. The minimum atomic E-state index is -1.60. The minimum absolute atomic E-state index is 0.153. The Hall–Kier alpha value is -1.92. The van der Waals surface area contributed by atoms with Gasteiger partial charge in [-0.2, -0.15) is 5.10 Å². The highest BCUT2D eigenvalue weighted by atomic mass is 16.5. The number of carbonyl (C=O) groups is 1. The van der Waals surface area contributed by atoms with Gasteiger partial charge in [0.2, 0.25) is 0 Å². The third kappa shape index (κ3) is 2.59. The second kappa shape index (κ2) is 5.38. The SMILES string of the molecule is CCOC(=O)C(O)C(O)c1ccc2c(C)[nH]nc2c1. The van der Waals surface area contributed by atoms with E-state index in [1.807, 2.05) is 6.92 Å². The second-order valence-electron chi connectivity index (χ2n) is 4.27. The van der Waals surface area contributed by atoms with Crippen molar-refractivity contribution in [3.63, 3.8) is 0 Å². The van der Waals surface area contributed by atoms with Gasteiger partial charge in [0.15, 0.2) is 6.10 Å². The summed E-state index contributed by atoms with van der Waals surface area (Å²) in [4.78, 5) is 11.4. The number of carbonyl (C=O) groups excluding carboxylic acids is 1. The van der Waals surface area contributed by atoms with Crippen LogP contribution in [0, 0.1) is 6.92 Å². The molecule has 2 atom stereocenters. The molecular formula is C13H16N2O4. The summed E-state index contributed by atoms with van der Waals surface area (Å²) < 4.78 is 4.67. The summed E-state index contributed by atoms with van der Waals surface area (Å²) in [7, 11) is 0. The highest BCUT2D eigenvalue weighted by Crippen LogP contribution is 2.23. The van der Waals surface area contributed by atoms with Crippen LogP contribution < -0.4 is 0 Å². The first kappa shape index (κ1) is 13.5. The fourth-order valence-electron chi connectivity index (χ4n) is 1.89. The van der Waals surface area contributed by atoms with Crippen molar-refractivity contribution in [1.29, 1.82) is 0 Å². The Kier molecular flexibility index (Phi) is 3.82. The summed E-state index contributed by atoms with van der Waals surface area (Å²) in [5, 5.41) is 27.5. The van der Waals surface area contributed by atoms with Crippen molar-refractivity contribution in [2.24, 2.45) is 0 Å². The molecule has 1 aromatic carbocycles. The van der Waals surface area contributed by atoms with Gasteiger partial charge in [-0.05, 0) is 25.5 Å². The van der Waals surface area contributed by atoms with E-state index in [0.717, 1.165) is 11.1 Å². The molecule has 1 aromatic heterocycles. The summed E-state index contributed by atoms with van der Waals surface area (Å²) in [5.74, 6) is -0.840. The molecule has 1 heterocycles. The Balaban J connectivity index is 2.25. The fourth-order valence-corrected chi connectivity index (χ4v) is 1.89. The first-order valence-corrected chi connectivity index (χ1v) is 6.02. The first-order valence-electron chi connectivity index (χ1n) is 6.02. The second-order valence-corrected chi connectivity index (χ2v) is 4.27. The molecule has 0 aliphatic carbocycles. The zero-order valence-corrected chi connectivity index (χ0v) is 10.8. The van der Waals surface area contributed by atoms with Crippen LogP contribution in [0.3, 0.4) is 0 Å². The maximum absolute atomic E-state index is 11.4. The molecule has 0 aliphatic heterocycles. The number of ether oxygens (including phenoxy) is 1. The molecule has 2 aromatic rings. The van der Waals surface area contributed by atoms with Gasteiger partial charge < -0.3 is 14.9 Å². The lowest BCUT2D eigenvalue weighted by Gasteiger charge is -2.16. The molecule has 6 heteroatoms. The Morgan fingerprint density at radius 3 is 2.89 bits per heavy atom. The van der Waals surface area contributed by atoms with Crippen LogP contribution in [0.25, 0.3) is 10.9 Å². The highest BCUT2D eigenvalue weighted by molar-refractivity contribution is 5.82. The topological polar surface area (TPSA) is 95.4 Å². The van der Waals surface area contributed by atoms with E-state index in [1.54, 1.807) is 25.1 Å². The molecule has 102 valence electrons. The van der Waals surface area contributed by atoms with E-state index >= 15 is 0 Å². The molecule has 6 nitrogen and oxygen atoms in total. The van der Waals surface area contributed by atoms with Gasteiger partial charge in [-0.25, -0.2) is 4.79 Å². The molecule has 2 unspecified atom stereocenters. The number of H-pyrrole nitrogens is 1. The molecular weight excluding hydrogens is 248 g/mol. The van der Waals surface area contributed by atoms with Crippen LogP contribution in [0.15, 0.2) is 18.2 Å². The van der Waals surface area contributed by atoms with Crippen LogP contribution in [0.2, 0.25) is 0 Å². The van der Waals surface area contributed by atoms with Gasteiger partial charge >= 0.3 is 5.97 Å². The van der Waals surface area contributed by atoms with E-state index in [1.165, 1.54) is 0 Å². The van der Waals surface area contributed by atoms with Crippen LogP contribution in [-0.2, 0) is 9.53 Å². The number of aliphatic hydroxyl groups is 2. The van der Waals surface area contributed by atoms with Crippen molar-refractivity contribution in [3.8, 4) is 0 Å². The van der Waals surface area contributed by atoms with Crippen LogP contribution >= 0.6 is 0 Å². The lowest BCUT2D eigenvalue weighted by atomic mass is 10.0. The van der Waals surface area contributed by atoms with Crippen LogP contribution in [-0.4, -0.2) is 39.1 Å². The number of aryl methyl sites for hydroxylation is 1. The number of nitrogens with zero attached hydrogens (tertiary/aromatic N) is 1. The fraction of sp³-hybridized carbons (Fsp3) is 0.385. The maximum Gasteiger partial charge on any atom is 0.338 e. The summed E-state index contributed by atoms with van der Waals surface area (Å²) in [6.07, 6.45) is -2.93. The number of esters is 1. The molecule has 0 bridgehead atoms. The summed E-state index contributed by atoms with van der Waals surface area (Å²) in [6.45, 7) is 3.68. The first-order chi connectivity index (χ1) is 9.04. The number of aromatic amines is 1. The Labute approximate surface area is 110 Å². The molecule has 0 spiro atoms. The van der Waals surface area contributed by atoms with Crippen LogP contribution in [0.1, 0.15) is 24.3 Å². The Morgan fingerprint density at radius 1 is 1.47 bits per heavy atom. The molecule has 3 N–H and O–H groups in total. The zero-order chi connectivity index (χ0) is 14.0. The molecule has 0 fully saturated rings. The summed E-state index contributed by atoms with van der Waals surface area (Å²) in [6, 6.07) is 5.06. The van der Waals surface area contributed by atoms with Gasteiger partial charge in [0, 0.05) is 11.1 Å². The van der Waals surface area contributed by atoms with E-state index in [4.69, 9.17) is 0 Å². The molecule has 0 aliphatic rings. The lowest BCUT2D eigenvalue weighted by molar-refractivity contribution is -0.159. The van der Waals surface area contributed by atoms with Crippen molar-refractivity contribution in [1.82, 2.24) is 10.2 Å². The molecule has 0 saturated carbocycles. The van der Waals surface area contributed by atoms with E-state index in [0.29, 0.717) is 11.1 Å². The summed E-state index contributed by atoms with van der Waals surface area (Å²) in [5.41, 5.74) is 2.01. The number of aliphatic hydroxyl groups excluding tert-OH is 2. The number of aromatic nitrogens is 2. The average molecular weight is 264 g/mol. The van der Waals surface area contributed by atoms with Crippen LogP contribution in [0.4, 0.5) is 0 Å². The molecule has 19 heavy (non-hydrogen) atoms. The van der Waals surface area contributed by atoms with Gasteiger partial charge in [0.25, 0.3) is 0 Å². The quantitative estimate of drug-likeness (QED) is 0.711. The minimum Gasteiger partial charge on any atom is -0.464 e. The summed E-state index contributed by atoms with van der Waals surface area (Å²) >= 11 is 0. The highest BCUT2D eigenvalue weighted by Gasteiger charge is 2.27. The Morgan fingerprint density at radius 2 is 2.21 bits per heavy atom. The van der Waals surface area contributed by atoms with E-state index in [9.17, 15) is 15.0 Å². The zero-order valence-electron chi connectivity index (χ0n) is 10.8. The third-order valence-electron chi connectivity index (χ3n) is 2.94. The number of hydrogen-bond acceptors (Lipinski definition) is 5. The van der Waals surface area contributed by atoms with Crippen molar-refractivity contribution < 1.29 is 19.7 Å². The van der Waals surface area contributed by atoms with Gasteiger partial charge in [-0.15, -0.1) is 0 Å². The number of nitrogens with one attached hydrogen (secondary N) is 1. The van der Waals surface area contributed by atoms with E-state index in [2.05, 4.69) is 14.9 Å². The van der Waals surface area contributed by atoms with Crippen molar-refractivity contribution in [3.05, 3.63) is 29.5 Å². The van der Waals surface area contributed by atoms with Crippen molar-refractivity contribution in [2.45, 2.75) is 26.1 Å². The molecule has 0 saturated heterocycles. The van der Waals surface area contributed by atoms with Gasteiger partial charge in [0.1, 0.15) is 6.10 Å². The number of fused-ring (bicyclic) bond motifs is 1. The normalized spacial score (nSPS) is 14.3. The largest absolute Gasteiger partial charge is 0.464 e. The average Bonchev–Trinajstić information content (AvgIpc) is 2.78. The van der Waals surface area contributed by atoms with Gasteiger partial charge in [-0.1, -0.05) is 12.1 Å². The van der Waals surface area contributed by atoms with Crippen molar-refractivity contribution >= 4 is 16.9 Å². The monoisotopic (exact) mass is 264 g/mol. The predicted molar refractivity (Wildman–Crippen MR) is 68.4 cm³/mol. The van der Waals surface area contributed by atoms with E-state index < -0.39 is 18.2 Å². The molecule has 0 radical (unpaired) electrons. The maximum atomic E-state index is 11.4. The number of benzene rings is 1. The lowest BCUT2D eigenvalue weighted by Crippen LogP contribution is -2.29. The molecule has 0 amide bonds. The van der Waals surface area contributed by atoms with Crippen molar-refractivity contribution in [2.75, 3.05) is 6.61 Å². The standard InChI is InChI=1S/C13H16N2O4/c1-3-19-13(18)12(17)11(16)8-4-5-9-7(2)14-15-10(9)6-8/h4-6,11-12,16-17H,3H2,1-2H3,(H,14,15). The smallest absolute Gasteiger partial charge is 0.338 e. The van der Waals surface area contributed by atoms with Gasteiger partial charge in [0.05, 0.1) is 12.1 Å². The molecule has 2 rings (SSSR count). The predicted octanol–water partition coefficient (Wildman–Crippen LogP) is 0.829. The van der Waals surface area contributed by atoms with E-state index in [-0.39, 0.29) is 6.61 Å². The number of hydrogen-bond donors (Lipinski definition) is 3. The number of rotatable bonds is 4. The third-order valence-corrected chi connectivity index (χ3v) is 2.94. The van der Waals surface area contributed by atoms with Crippen LogP contribution in [0.5, 0.6) is 0 Å². The van der Waals surface area contributed by atoms with Gasteiger partial charge in [-0.3, -0.25) is 5.10 Å².